The van der Waals surface area contributed by atoms with Crippen molar-refractivity contribution in [2.75, 3.05) is 26.2 Å². The van der Waals surface area contributed by atoms with Crippen LogP contribution in [0.25, 0.3) is 5.57 Å². The van der Waals surface area contributed by atoms with Crippen LogP contribution >= 0.6 is 0 Å². The number of rotatable bonds is 3. The first-order valence-electron chi connectivity index (χ1n) is 5.95. The van der Waals surface area contributed by atoms with E-state index < -0.39 is 0 Å². The van der Waals surface area contributed by atoms with Gasteiger partial charge in [-0.25, -0.2) is 0 Å². The minimum atomic E-state index is 0.606. The summed E-state index contributed by atoms with van der Waals surface area (Å²) in [6.45, 7) is 10.7. The molecule has 1 N–H and O–H groups in total. The molecule has 2 rings (SSSR count). The summed E-state index contributed by atoms with van der Waals surface area (Å²) in [5.74, 6) is 0. The lowest BCUT2D eigenvalue weighted by atomic mass is 10.1. The zero-order valence-electron chi connectivity index (χ0n) is 9.95. The molecule has 1 fully saturated rings. The predicted molar refractivity (Wildman–Crippen MR) is 69.4 cm³/mol. The van der Waals surface area contributed by atoms with Crippen LogP contribution in [0.1, 0.15) is 12.5 Å². The van der Waals surface area contributed by atoms with Gasteiger partial charge in [-0.05, 0) is 18.1 Å². The highest BCUT2D eigenvalue weighted by Gasteiger charge is 2.18. The standard InChI is InChI=1S/C14H20N2/c1-12(14-6-4-3-5-7-14)11-16-9-8-15-10-13(16)2/h3-7,13,15H,1,8-11H2,2H3. The summed E-state index contributed by atoms with van der Waals surface area (Å²) in [4.78, 5) is 2.49. The summed E-state index contributed by atoms with van der Waals surface area (Å²) in [6.07, 6.45) is 0. The van der Waals surface area contributed by atoms with Crippen molar-refractivity contribution in [3.63, 3.8) is 0 Å². The smallest absolute Gasteiger partial charge is 0.0237 e. The molecule has 1 saturated heterocycles. The van der Waals surface area contributed by atoms with Gasteiger partial charge in [-0.3, -0.25) is 4.90 Å². The molecule has 0 aromatic heterocycles. The topological polar surface area (TPSA) is 15.3 Å². The molecular formula is C14H20N2. The molecule has 1 heterocycles. The van der Waals surface area contributed by atoms with Gasteiger partial charge < -0.3 is 5.32 Å². The Bertz CT molecular complexity index is 345. The molecule has 86 valence electrons. The molecule has 0 spiro atoms. The molecule has 0 saturated carbocycles. The second kappa shape index (κ2) is 5.28. The zero-order chi connectivity index (χ0) is 11.4. The van der Waals surface area contributed by atoms with Crippen LogP contribution in [0.2, 0.25) is 0 Å². The first-order valence-corrected chi connectivity index (χ1v) is 5.95. The Balaban J connectivity index is 1.96. The fraction of sp³-hybridized carbons (Fsp3) is 0.429. The fourth-order valence-corrected chi connectivity index (χ4v) is 2.13. The van der Waals surface area contributed by atoms with Gasteiger partial charge in [0, 0.05) is 32.2 Å². The first kappa shape index (κ1) is 11.4. The highest BCUT2D eigenvalue weighted by molar-refractivity contribution is 5.64. The van der Waals surface area contributed by atoms with E-state index in [1.54, 1.807) is 0 Å². The summed E-state index contributed by atoms with van der Waals surface area (Å²) in [5.41, 5.74) is 2.47. The van der Waals surface area contributed by atoms with Crippen molar-refractivity contribution in [2.45, 2.75) is 13.0 Å². The molecule has 1 atom stereocenters. The van der Waals surface area contributed by atoms with Gasteiger partial charge >= 0.3 is 0 Å². The van der Waals surface area contributed by atoms with Crippen LogP contribution in [0.5, 0.6) is 0 Å². The molecule has 1 aliphatic heterocycles. The number of hydrogen-bond donors (Lipinski definition) is 1. The monoisotopic (exact) mass is 216 g/mol. The maximum absolute atomic E-state index is 4.19. The van der Waals surface area contributed by atoms with E-state index in [0.29, 0.717) is 6.04 Å². The molecular weight excluding hydrogens is 196 g/mol. The van der Waals surface area contributed by atoms with Gasteiger partial charge in [0.15, 0.2) is 0 Å². The Hall–Kier alpha value is -1.12. The van der Waals surface area contributed by atoms with Crippen molar-refractivity contribution in [3.05, 3.63) is 42.5 Å². The number of nitrogens with zero attached hydrogens (tertiary/aromatic N) is 1. The number of piperazine rings is 1. The van der Waals surface area contributed by atoms with E-state index in [9.17, 15) is 0 Å². The molecule has 0 amide bonds. The molecule has 1 aromatic rings. The van der Waals surface area contributed by atoms with E-state index in [0.717, 1.165) is 26.2 Å². The maximum Gasteiger partial charge on any atom is 0.0237 e. The van der Waals surface area contributed by atoms with E-state index in [1.807, 2.05) is 6.07 Å². The SMILES string of the molecule is C=C(CN1CCNCC1C)c1ccccc1. The van der Waals surface area contributed by atoms with E-state index in [-0.39, 0.29) is 0 Å². The minimum Gasteiger partial charge on any atom is -0.314 e. The van der Waals surface area contributed by atoms with Crippen molar-refractivity contribution >= 4 is 5.57 Å². The quantitative estimate of drug-likeness (QED) is 0.831. The van der Waals surface area contributed by atoms with Gasteiger partial charge in [0.2, 0.25) is 0 Å². The molecule has 1 aliphatic rings. The van der Waals surface area contributed by atoms with Crippen molar-refractivity contribution in [1.82, 2.24) is 10.2 Å². The molecule has 16 heavy (non-hydrogen) atoms. The van der Waals surface area contributed by atoms with Crippen LogP contribution in [0, 0.1) is 0 Å². The van der Waals surface area contributed by atoms with E-state index >= 15 is 0 Å². The number of benzene rings is 1. The van der Waals surface area contributed by atoms with Crippen LogP contribution in [0.15, 0.2) is 36.9 Å². The predicted octanol–water partition coefficient (Wildman–Crippen LogP) is 1.99. The largest absolute Gasteiger partial charge is 0.314 e. The van der Waals surface area contributed by atoms with Crippen LogP contribution in [0.4, 0.5) is 0 Å². The Kier molecular flexibility index (Phi) is 3.75. The molecule has 1 unspecified atom stereocenters. The molecule has 2 heteroatoms. The van der Waals surface area contributed by atoms with Crippen LogP contribution in [0.3, 0.4) is 0 Å². The Morgan fingerprint density at radius 1 is 1.44 bits per heavy atom. The van der Waals surface area contributed by atoms with Gasteiger partial charge in [-0.1, -0.05) is 36.9 Å². The Morgan fingerprint density at radius 3 is 2.88 bits per heavy atom. The molecule has 0 radical (unpaired) electrons. The summed E-state index contributed by atoms with van der Waals surface area (Å²) >= 11 is 0. The van der Waals surface area contributed by atoms with Gasteiger partial charge in [0.1, 0.15) is 0 Å². The normalized spacial score (nSPS) is 21.9. The van der Waals surface area contributed by atoms with Gasteiger partial charge in [0.25, 0.3) is 0 Å². The minimum absolute atomic E-state index is 0.606. The molecule has 1 aromatic carbocycles. The highest BCUT2D eigenvalue weighted by Crippen LogP contribution is 2.15. The molecule has 0 bridgehead atoms. The second-order valence-electron chi connectivity index (χ2n) is 4.49. The zero-order valence-corrected chi connectivity index (χ0v) is 9.95. The molecule has 2 nitrogen and oxygen atoms in total. The van der Waals surface area contributed by atoms with E-state index in [2.05, 4.69) is 48.0 Å². The lowest BCUT2D eigenvalue weighted by Crippen LogP contribution is -2.50. The average Bonchev–Trinajstić information content (AvgIpc) is 2.33. The third kappa shape index (κ3) is 2.71. The lowest BCUT2D eigenvalue weighted by molar-refractivity contribution is 0.196. The van der Waals surface area contributed by atoms with E-state index in [4.69, 9.17) is 0 Å². The summed E-state index contributed by atoms with van der Waals surface area (Å²) in [7, 11) is 0. The number of nitrogens with one attached hydrogen (secondary N) is 1. The maximum atomic E-state index is 4.19. The van der Waals surface area contributed by atoms with Gasteiger partial charge in [-0.15, -0.1) is 0 Å². The van der Waals surface area contributed by atoms with E-state index in [1.165, 1.54) is 11.1 Å². The van der Waals surface area contributed by atoms with Crippen LogP contribution in [-0.4, -0.2) is 37.1 Å². The Morgan fingerprint density at radius 2 is 2.19 bits per heavy atom. The number of hydrogen-bond acceptors (Lipinski definition) is 2. The van der Waals surface area contributed by atoms with Crippen molar-refractivity contribution in [1.29, 1.82) is 0 Å². The van der Waals surface area contributed by atoms with Crippen LogP contribution < -0.4 is 5.32 Å². The molecule has 0 aliphatic carbocycles. The van der Waals surface area contributed by atoms with Gasteiger partial charge in [0.05, 0.1) is 0 Å². The van der Waals surface area contributed by atoms with Crippen LogP contribution in [-0.2, 0) is 0 Å². The summed E-state index contributed by atoms with van der Waals surface area (Å²) in [6, 6.07) is 11.1. The third-order valence-corrected chi connectivity index (χ3v) is 3.21. The van der Waals surface area contributed by atoms with Gasteiger partial charge in [-0.2, -0.15) is 0 Å². The van der Waals surface area contributed by atoms with Crippen molar-refractivity contribution in [2.24, 2.45) is 0 Å². The average molecular weight is 216 g/mol. The summed E-state index contributed by atoms with van der Waals surface area (Å²) in [5, 5.41) is 3.41. The van der Waals surface area contributed by atoms with Crippen molar-refractivity contribution < 1.29 is 0 Å². The second-order valence-corrected chi connectivity index (χ2v) is 4.49. The summed E-state index contributed by atoms with van der Waals surface area (Å²) < 4.78 is 0. The Labute approximate surface area is 98.0 Å². The van der Waals surface area contributed by atoms with Crippen molar-refractivity contribution in [3.8, 4) is 0 Å². The highest BCUT2D eigenvalue weighted by atomic mass is 15.2. The third-order valence-electron chi connectivity index (χ3n) is 3.21. The lowest BCUT2D eigenvalue weighted by Gasteiger charge is -2.34. The first-order chi connectivity index (χ1) is 7.77. The fourth-order valence-electron chi connectivity index (χ4n) is 2.13.